The topological polar surface area (TPSA) is 52.6 Å². The molecule has 0 rings (SSSR count). The van der Waals surface area contributed by atoms with Gasteiger partial charge in [0.25, 0.3) is 0 Å². The van der Waals surface area contributed by atoms with Crippen LogP contribution in [0.5, 0.6) is 0 Å². The van der Waals surface area contributed by atoms with E-state index in [-0.39, 0.29) is 18.0 Å². The van der Waals surface area contributed by atoms with Crippen molar-refractivity contribution in [3.05, 3.63) is 0 Å². The number of carbonyl (C=O) groups is 2. The minimum absolute atomic E-state index is 0.0603. The SMILES string of the molecule is CCCCCCCOC(=O)CCCCC(=O)OC(CCC)CCC. The summed E-state index contributed by atoms with van der Waals surface area (Å²) >= 11 is 0. The zero-order chi connectivity index (χ0) is 18.0. The van der Waals surface area contributed by atoms with Crippen molar-refractivity contribution in [3.63, 3.8) is 0 Å². The Bertz CT molecular complexity index is 309. The molecule has 0 unspecified atom stereocenters. The summed E-state index contributed by atoms with van der Waals surface area (Å²) in [4.78, 5) is 23.4. The third-order valence-corrected chi connectivity index (χ3v) is 4.04. The highest BCUT2D eigenvalue weighted by molar-refractivity contribution is 5.70. The van der Waals surface area contributed by atoms with Crippen LogP contribution in [-0.4, -0.2) is 24.6 Å². The highest BCUT2D eigenvalue weighted by Crippen LogP contribution is 2.12. The van der Waals surface area contributed by atoms with E-state index in [1.165, 1.54) is 19.3 Å². The van der Waals surface area contributed by atoms with Gasteiger partial charge in [0.1, 0.15) is 6.10 Å². The van der Waals surface area contributed by atoms with E-state index in [0.29, 0.717) is 32.3 Å². The molecule has 0 N–H and O–H groups in total. The molecule has 0 heterocycles. The fraction of sp³-hybridized carbons (Fsp3) is 0.900. The van der Waals surface area contributed by atoms with E-state index in [0.717, 1.165) is 38.5 Å². The summed E-state index contributed by atoms with van der Waals surface area (Å²) in [5, 5.41) is 0. The maximum atomic E-state index is 11.8. The maximum Gasteiger partial charge on any atom is 0.306 e. The second-order valence-electron chi connectivity index (χ2n) is 6.53. The van der Waals surface area contributed by atoms with Crippen molar-refractivity contribution in [1.29, 1.82) is 0 Å². The van der Waals surface area contributed by atoms with Crippen molar-refractivity contribution < 1.29 is 19.1 Å². The minimum Gasteiger partial charge on any atom is -0.466 e. The zero-order valence-electron chi connectivity index (χ0n) is 16.1. The number of carbonyl (C=O) groups excluding carboxylic acids is 2. The van der Waals surface area contributed by atoms with Crippen LogP contribution in [-0.2, 0) is 19.1 Å². The van der Waals surface area contributed by atoms with Crippen LogP contribution >= 0.6 is 0 Å². The molecule has 0 aliphatic rings. The lowest BCUT2D eigenvalue weighted by molar-refractivity contribution is -0.150. The molecule has 0 aromatic rings. The van der Waals surface area contributed by atoms with Gasteiger partial charge in [0.15, 0.2) is 0 Å². The first-order valence-corrected chi connectivity index (χ1v) is 9.99. The Hall–Kier alpha value is -1.06. The van der Waals surface area contributed by atoms with Gasteiger partial charge in [-0.15, -0.1) is 0 Å². The van der Waals surface area contributed by atoms with Gasteiger partial charge in [-0.25, -0.2) is 0 Å². The summed E-state index contributed by atoms with van der Waals surface area (Å²) in [5.74, 6) is -0.278. The molecule has 0 fully saturated rings. The normalized spacial score (nSPS) is 10.8. The van der Waals surface area contributed by atoms with Gasteiger partial charge in [-0.1, -0.05) is 59.3 Å². The average molecular weight is 343 g/mol. The van der Waals surface area contributed by atoms with Crippen LogP contribution in [0.3, 0.4) is 0 Å². The number of esters is 2. The molecule has 4 heteroatoms. The Kier molecular flexibility index (Phi) is 16.0. The summed E-state index contributed by atoms with van der Waals surface area (Å²) in [7, 11) is 0. The molecule has 0 atom stereocenters. The standard InChI is InChI=1S/C20H38O4/c1-4-7-8-9-12-17-23-19(21)15-10-11-16-20(22)24-18(13-5-2)14-6-3/h18H,4-17H2,1-3H3. The zero-order valence-corrected chi connectivity index (χ0v) is 16.1. The molecule has 24 heavy (non-hydrogen) atoms. The molecule has 0 radical (unpaired) electrons. The number of hydrogen-bond acceptors (Lipinski definition) is 4. The van der Waals surface area contributed by atoms with Gasteiger partial charge in [0, 0.05) is 12.8 Å². The summed E-state index contributed by atoms with van der Waals surface area (Å²) in [6.07, 6.45) is 11.9. The van der Waals surface area contributed by atoms with Crippen LogP contribution in [0.25, 0.3) is 0 Å². The lowest BCUT2D eigenvalue weighted by Crippen LogP contribution is -2.17. The van der Waals surface area contributed by atoms with Gasteiger partial charge in [-0.2, -0.15) is 0 Å². The Morgan fingerprint density at radius 3 is 1.88 bits per heavy atom. The average Bonchev–Trinajstić information content (AvgIpc) is 2.55. The predicted molar refractivity (Wildman–Crippen MR) is 97.9 cm³/mol. The minimum atomic E-state index is -0.145. The number of hydrogen-bond donors (Lipinski definition) is 0. The molecular weight excluding hydrogens is 304 g/mol. The van der Waals surface area contributed by atoms with Crippen LogP contribution in [0, 0.1) is 0 Å². The molecule has 0 aliphatic heterocycles. The first kappa shape index (κ1) is 22.9. The first-order chi connectivity index (χ1) is 11.6. The predicted octanol–water partition coefficient (Wildman–Crippen LogP) is 5.57. The highest BCUT2D eigenvalue weighted by Gasteiger charge is 2.13. The molecule has 0 aliphatic carbocycles. The fourth-order valence-electron chi connectivity index (χ4n) is 2.65. The lowest BCUT2D eigenvalue weighted by Gasteiger charge is -2.16. The molecule has 4 nitrogen and oxygen atoms in total. The Labute approximate surface area is 148 Å². The van der Waals surface area contributed by atoms with Crippen molar-refractivity contribution in [2.45, 2.75) is 110 Å². The fourth-order valence-corrected chi connectivity index (χ4v) is 2.65. The molecule has 0 aromatic heterocycles. The van der Waals surface area contributed by atoms with Crippen LogP contribution in [0.15, 0.2) is 0 Å². The van der Waals surface area contributed by atoms with E-state index in [2.05, 4.69) is 20.8 Å². The molecule has 0 aromatic carbocycles. The van der Waals surface area contributed by atoms with Gasteiger partial charge in [-0.05, 0) is 32.1 Å². The van der Waals surface area contributed by atoms with Gasteiger partial charge in [0.05, 0.1) is 6.61 Å². The van der Waals surface area contributed by atoms with Gasteiger partial charge in [-0.3, -0.25) is 9.59 Å². The molecule has 0 bridgehead atoms. The van der Waals surface area contributed by atoms with Gasteiger partial charge >= 0.3 is 11.9 Å². The number of ether oxygens (including phenoxy) is 2. The van der Waals surface area contributed by atoms with Gasteiger partial charge in [0.2, 0.25) is 0 Å². The van der Waals surface area contributed by atoms with E-state index in [1.54, 1.807) is 0 Å². The summed E-state index contributed by atoms with van der Waals surface area (Å²) in [6, 6.07) is 0. The second-order valence-corrected chi connectivity index (χ2v) is 6.53. The van der Waals surface area contributed by atoms with E-state index in [1.807, 2.05) is 0 Å². The third kappa shape index (κ3) is 14.5. The molecule has 0 spiro atoms. The Morgan fingerprint density at radius 2 is 1.29 bits per heavy atom. The van der Waals surface area contributed by atoms with Gasteiger partial charge < -0.3 is 9.47 Å². The van der Waals surface area contributed by atoms with E-state index in [9.17, 15) is 9.59 Å². The van der Waals surface area contributed by atoms with Crippen molar-refractivity contribution in [2.75, 3.05) is 6.61 Å². The number of rotatable bonds is 16. The van der Waals surface area contributed by atoms with Crippen LogP contribution in [0.4, 0.5) is 0 Å². The van der Waals surface area contributed by atoms with Crippen molar-refractivity contribution in [2.24, 2.45) is 0 Å². The summed E-state index contributed by atoms with van der Waals surface area (Å²) < 4.78 is 10.7. The monoisotopic (exact) mass is 342 g/mol. The summed E-state index contributed by atoms with van der Waals surface area (Å²) in [5.41, 5.74) is 0. The van der Waals surface area contributed by atoms with Crippen molar-refractivity contribution in [1.82, 2.24) is 0 Å². The van der Waals surface area contributed by atoms with E-state index in [4.69, 9.17) is 9.47 Å². The lowest BCUT2D eigenvalue weighted by atomic mass is 10.1. The quantitative estimate of drug-likeness (QED) is 0.272. The third-order valence-electron chi connectivity index (χ3n) is 4.04. The molecule has 0 amide bonds. The van der Waals surface area contributed by atoms with Crippen molar-refractivity contribution >= 4 is 11.9 Å². The Balaban J connectivity index is 3.58. The maximum absolute atomic E-state index is 11.8. The van der Waals surface area contributed by atoms with E-state index < -0.39 is 0 Å². The molecule has 0 saturated heterocycles. The van der Waals surface area contributed by atoms with E-state index >= 15 is 0 Å². The summed E-state index contributed by atoms with van der Waals surface area (Å²) in [6.45, 7) is 6.92. The smallest absolute Gasteiger partial charge is 0.306 e. The van der Waals surface area contributed by atoms with Crippen LogP contribution in [0.1, 0.15) is 104 Å². The van der Waals surface area contributed by atoms with Crippen LogP contribution < -0.4 is 0 Å². The first-order valence-electron chi connectivity index (χ1n) is 9.99. The second kappa shape index (κ2) is 16.8. The largest absolute Gasteiger partial charge is 0.466 e. The molecule has 142 valence electrons. The molecular formula is C20H38O4. The highest BCUT2D eigenvalue weighted by atomic mass is 16.5. The molecule has 0 saturated carbocycles. The number of unbranched alkanes of at least 4 members (excludes halogenated alkanes) is 5. The van der Waals surface area contributed by atoms with Crippen LogP contribution in [0.2, 0.25) is 0 Å². The Morgan fingerprint density at radius 1 is 0.708 bits per heavy atom. The van der Waals surface area contributed by atoms with Crippen molar-refractivity contribution in [3.8, 4) is 0 Å².